The van der Waals surface area contributed by atoms with Crippen molar-refractivity contribution in [2.75, 3.05) is 13.1 Å². The molecule has 6 rings (SSSR count). The molecule has 5 heterocycles. The monoisotopic (exact) mass is 413 g/mol. The summed E-state index contributed by atoms with van der Waals surface area (Å²) >= 11 is 0. The Kier molecular flexibility index (Phi) is 4.24. The van der Waals surface area contributed by atoms with Crippen LogP contribution in [0.25, 0.3) is 44.7 Å². The number of imidazole rings is 1. The third-order valence-electron chi connectivity index (χ3n) is 5.95. The van der Waals surface area contributed by atoms with Gasteiger partial charge in [-0.3, -0.25) is 15.1 Å². The molecule has 0 spiro atoms. The van der Waals surface area contributed by atoms with Crippen molar-refractivity contribution in [1.82, 2.24) is 35.5 Å². The van der Waals surface area contributed by atoms with Crippen molar-refractivity contribution < 1.29 is 4.39 Å². The average Bonchev–Trinajstić information content (AvgIpc) is 3.43. The minimum absolute atomic E-state index is 0.303. The summed E-state index contributed by atoms with van der Waals surface area (Å²) in [5, 5.41) is 12.0. The van der Waals surface area contributed by atoms with Crippen molar-refractivity contribution in [3.8, 4) is 22.8 Å². The first kappa shape index (κ1) is 18.1. The third-order valence-corrected chi connectivity index (χ3v) is 5.95. The predicted molar refractivity (Wildman–Crippen MR) is 117 cm³/mol. The molecule has 5 aromatic rings. The van der Waals surface area contributed by atoms with Crippen molar-refractivity contribution in [1.29, 1.82) is 0 Å². The van der Waals surface area contributed by atoms with Crippen LogP contribution in [-0.2, 0) is 0 Å². The van der Waals surface area contributed by atoms with Gasteiger partial charge in [0.15, 0.2) is 5.82 Å². The normalized spacial score (nSPS) is 15.1. The molecule has 1 aliphatic heterocycles. The van der Waals surface area contributed by atoms with Crippen molar-refractivity contribution in [2.45, 2.75) is 18.8 Å². The highest BCUT2D eigenvalue weighted by molar-refractivity contribution is 5.95. The molecule has 1 aliphatic rings. The lowest BCUT2D eigenvalue weighted by Crippen LogP contribution is -2.27. The maximum Gasteiger partial charge on any atom is 0.159 e. The highest BCUT2D eigenvalue weighted by Gasteiger charge is 2.20. The average molecular weight is 413 g/mol. The molecule has 8 heteroatoms. The van der Waals surface area contributed by atoms with E-state index in [4.69, 9.17) is 4.98 Å². The highest BCUT2D eigenvalue weighted by atomic mass is 19.1. The van der Waals surface area contributed by atoms with Crippen LogP contribution in [0, 0.1) is 5.82 Å². The SMILES string of the molecule is Fc1cccc(-c2nccc3[nH]c(-c4n[nH]c5cnc(C6CCNCC6)cc45)nc23)c1. The zero-order valence-electron chi connectivity index (χ0n) is 16.7. The Bertz CT molecular complexity index is 1400. The molecule has 1 fully saturated rings. The van der Waals surface area contributed by atoms with Gasteiger partial charge in [-0.1, -0.05) is 12.1 Å². The van der Waals surface area contributed by atoms with E-state index in [0.29, 0.717) is 28.5 Å². The Balaban J connectivity index is 1.47. The summed E-state index contributed by atoms with van der Waals surface area (Å²) in [6, 6.07) is 10.4. The molecule has 7 nitrogen and oxygen atoms in total. The van der Waals surface area contributed by atoms with Crippen LogP contribution in [0.3, 0.4) is 0 Å². The number of aromatic amines is 2. The van der Waals surface area contributed by atoms with Gasteiger partial charge in [0.1, 0.15) is 17.0 Å². The van der Waals surface area contributed by atoms with E-state index in [0.717, 1.165) is 53.7 Å². The molecule has 4 aromatic heterocycles. The second-order valence-corrected chi connectivity index (χ2v) is 7.90. The van der Waals surface area contributed by atoms with Gasteiger partial charge in [-0.15, -0.1) is 0 Å². The van der Waals surface area contributed by atoms with Gasteiger partial charge in [0.2, 0.25) is 0 Å². The van der Waals surface area contributed by atoms with E-state index in [-0.39, 0.29) is 5.82 Å². The van der Waals surface area contributed by atoms with Crippen molar-refractivity contribution in [3.05, 3.63) is 60.3 Å². The molecule has 0 amide bonds. The summed E-state index contributed by atoms with van der Waals surface area (Å²) in [6.07, 6.45) is 5.72. The van der Waals surface area contributed by atoms with E-state index in [1.165, 1.54) is 12.1 Å². The summed E-state index contributed by atoms with van der Waals surface area (Å²) in [7, 11) is 0. The summed E-state index contributed by atoms with van der Waals surface area (Å²) in [4.78, 5) is 17.3. The smallest absolute Gasteiger partial charge is 0.159 e. The number of nitrogens with zero attached hydrogens (tertiary/aromatic N) is 4. The number of fused-ring (bicyclic) bond motifs is 2. The molecule has 1 aromatic carbocycles. The highest BCUT2D eigenvalue weighted by Crippen LogP contribution is 2.32. The van der Waals surface area contributed by atoms with Gasteiger partial charge in [0.25, 0.3) is 0 Å². The summed E-state index contributed by atoms with van der Waals surface area (Å²) in [5.74, 6) is 0.797. The fourth-order valence-corrected chi connectivity index (χ4v) is 4.35. The lowest BCUT2D eigenvalue weighted by Gasteiger charge is -2.21. The summed E-state index contributed by atoms with van der Waals surface area (Å²) < 4.78 is 13.8. The molecular formula is C23H20FN7. The van der Waals surface area contributed by atoms with Gasteiger partial charge in [-0.2, -0.15) is 5.10 Å². The quantitative estimate of drug-likeness (QED) is 0.413. The van der Waals surface area contributed by atoms with Crippen molar-refractivity contribution in [2.24, 2.45) is 0 Å². The van der Waals surface area contributed by atoms with E-state index in [1.807, 2.05) is 18.3 Å². The van der Waals surface area contributed by atoms with Gasteiger partial charge in [0.05, 0.1) is 22.9 Å². The van der Waals surface area contributed by atoms with Crippen LogP contribution >= 0.6 is 0 Å². The zero-order chi connectivity index (χ0) is 20.8. The molecule has 1 saturated heterocycles. The Morgan fingerprint density at radius 1 is 0.968 bits per heavy atom. The zero-order valence-corrected chi connectivity index (χ0v) is 16.7. The summed E-state index contributed by atoms with van der Waals surface area (Å²) in [6.45, 7) is 2.03. The largest absolute Gasteiger partial charge is 0.336 e. The standard InChI is InChI=1S/C23H20FN7/c24-15-3-1-2-14(10-15)20-22-17(6-9-26-20)28-23(29-22)21-16-11-18(13-4-7-25-8-5-13)27-12-19(16)30-31-21/h1-3,6,9-13,25H,4-5,7-8H2,(H,28,29)(H,30,31). The van der Waals surface area contributed by atoms with E-state index in [1.54, 1.807) is 12.3 Å². The molecule has 154 valence electrons. The second-order valence-electron chi connectivity index (χ2n) is 7.90. The number of nitrogens with one attached hydrogen (secondary N) is 3. The third kappa shape index (κ3) is 3.16. The second kappa shape index (κ2) is 7.24. The van der Waals surface area contributed by atoms with E-state index >= 15 is 0 Å². The van der Waals surface area contributed by atoms with Gasteiger partial charge in [0, 0.05) is 28.8 Å². The lowest BCUT2D eigenvalue weighted by atomic mass is 9.93. The fourth-order valence-electron chi connectivity index (χ4n) is 4.35. The first-order valence-corrected chi connectivity index (χ1v) is 10.4. The maximum absolute atomic E-state index is 13.8. The van der Waals surface area contributed by atoms with Crippen LogP contribution in [0.15, 0.2) is 48.8 Å². The Morgan fingerprint density at radius 3 is 2.74 bits per heavy atom. The van der Waals surface area contributed by atoms with Gasteiger partial charge < -0.3 is 10.3 Å². The van der Waals surface area contributed by atoms with Crippen LogP contribution in [0.4, 0.5) is 4.39 Å². The Morgan fingerprint density at radius 2 is 1.87 bits per heavy atom. The van der Waals surface area contributed by atoms with Gasteiger partial charge in [-0.25, -0.2) is 9.37 Å². The van der Waals surface area contributed by atoms with Crippen LogP contribution in [0.2, 0.25) is 0 Å². The number of benzene rings is 1. The first-order valence-electron chi connectivity index (χ1n) is 10.4. The molecule has 0 atom stereocenters. The first-order chi connectivity index (χ1) is 15.3. The molecule has 3 N–H and O–H groups in total. The Labute approximate surface area is 177 Å². The predicted octanol–water partition coefficient (Wildman–Crippen LogP) is 4.17. The lowest BCUT2D eigenvalue weighted by molar-refractivity contribution is 0.453. The molecule has 0 aliphatic carbocycles. The van der Waals surface area contributed by atoms with Crippen LogP contribution in [0.1, 0.15) is 24.5 Å². The molecule has 0 radical (unpaired) electrons. The van der Waals surface area contributed by atoms with Crippen LogP contribution < -0.4 is 5.32 Å². The molecule has 0 saturated carbocycles. The van der Waals surface area contributed by atoms with Crippen molar-refractivity contribution in [3.63, 3.8) is 0 Å². The van der Waals surface area contributed by atoms with Gasteiger partial charge in [-0.05, 0) is 50.2 Å². The number of H-pyrrole nitrogens is 2. The number of pyridine rings is 2. The van der Waals surface area contributed by atoms with E-state index in [2.05, 4.69) is 36.5 Å². The van der Waals surface area contributed by atoms with Crippen LogP contribution in [-0.4, -0.2) is 43.2 Å². The minimum Gasteiger partial charge on any atom is -0.336 e. The molecular weight excluding hydrogens is 393 g/mol. The Hall–Kier alpha value is -3.65. The maximum atomic E-state index is 13.8. The van der Waals surface area contributed by atoms with Crippen LogP contribution in [0.5, 0.6) is 0 Å². The van der Waals surface area contributed by atoms with E-state index < -0.39 is 0 Å². The number of aromatic nitrogens is 6. The topological polar surface area (TPSA) is 95.2 Å². The van der Waals surface area contributed by atoms with Gasteiger partial charge >= 0.3 is 0 Å². The number of rotatable bonds is 3. The minimum atomic E-state index is -0.303. The summed E-state index contributed by atoms with van der Waals surface area (Å²) in [5.41, 5.74) is 5.55. The molecule has 0 unspecified atom stereocenters. The number of piperidine rings is 1. The number of hydrogen-bond acceptors (Lipinski definition) is 5. The fraction of sp³-hybridized carbons (Fsp3) is 0.217. The van der Waals surface area contributed by atoms with E-state index in [9.17, 15) is 4.39 Å². The number of halogens is 1. The molecule has 0 bridgehead atoms. The number of hydrogen-bond donors (Lipinski definition) is 3. The van der Waals surface area contributed by atoms with Crippen molar-refractivity contribution >= 4 is 21.9 Å². The molecule has 31 heavy (non-hydrogen) atoms.